The van der Waals surface area contributed by atoms with Crippen LogP contribution in [0.2, 0.25) is 0 Å². The quantitative estimate of drug-likeness (QED) is 0.384. The number of nitrogens with one attached hydrogen (secondary N) is 1. The molecule has 0 bridgehead atoms. The largest absolute Gasteiger partial charge is 0.455 e. The minimum atomic E-state index is -0.463. The molecular weight excluding hydrogens is 250 g/mol. The molecule has 19 heavy (non-hydrogen) atoms. The van der Waals surface area contributed by atoms with Crippen molar-refractivity contribution >= 4 is 18.3 Å². The van der Waals surface area contributed by atoms with E-state index in [4.69, 9.17) is 4.42 Å². The Labute approximate surface area is 107 Å². The first-order chi connectivity index (χ1) is 9.20. The Morgan fingerprint density at radius 3 is 2.58 bits per heavy atom. The summed E-state index contributed by atoms with van der Waals surface area (Å²) in [6.07, 6.45) is 1.79. The fourth-order valence-corrected chi connectivity index (χ4v) is 1.46. The summed E-state index contributed by atoms with van der Waals surface area (Å²) in [6.45, 7) is 0. The number of amides is 1. The number of rotatable bonds is 5. The van der Waals surface area contributed by atoms with Crippen molar-refractivity contribution in [2.75, 3.05) is 0 Å². The van der Waals surface area contributed by atoms with Gasteiger partial charge in [0.25, 0.3) is 5.69 Å². The summed E-state index contributed by atoms with van der Waals surface area (Å²) in [7, 11) is 0. The number of furan rings is 1. The Balaban J connectivity index is 2.18. The van der Waals surface area contributed by atoms with Crippen molar-refractivity contribution in [3.63, 3.8) is 0 Å². The lowest BCUT2D eigenvalue weighted by atomic mass is 10.1. The fraction of sp³-hybridized carbons (Fsp3) is 0. The van der Waals surface area contributed by atoms with Crippen LogP contribution < -0.4 is 5.43 Å². The van der Waals surface area contributed by atoms with E-state index in [2.05, 4.69) is 10.5 Å². The third-order valence-corrected chi connectivity index (χ3v) is 2.31. The Morgan fingerprint density at radius 2 is 1.95 bits per heavy atom. The minimum absolute atomic E-state index is 0.0206. The number of nitro benzene ring substituents is 1. The summed E-state index contributed by atoms with van der Waals surface area (Å²) in [5.74, 6) is 1.02. The van der Waals surface area contributed by atoms with Gasteiger partial charge in [0, 0.05) is 17.7 Å². The lowest BCUT2D eigenvalue weighted by Gasteiger charge is -1.96. The Bertz CT molecular complexity index is 616. The number of nitrogens with zero attached hydrogens (tertiary/aromatic N) is 2. The van der Waals surface area contributed by atoms with Crippen LogP contribution in [0.1, 0.15) is 5.76 Å². The van der Waals surface area contributed by atoms with Gasteiger partial charge in [0.2, 0.25) is 6.41 Å². The highest BCUT2D eigenvalue weighted by atomic mass is 16.6. The SMILES string of the molecule is O=CN/N=C/c1ccc(-c2ccc([N+](=O)[O-])cc2)o1. The van der Waals surface area contributed by atoms with E-state index in [0.717, 1.165) is 0 Å². The van der Waals surface area contributed by atoms with Crippen LogP contribution in [0.5, 0.6) is 0 Å². The highest BCUT2D eigenvalue weighted by Gasteiger charge is 2.07. The number of hydrogen-bond donors (Lipinski definition) is 1. The molecule has 7 heteroatoms. The van der Waals surface area contributed by atoms with Crippen molar-refractivity contribution in [2.45, 2.75) is 0 Å². The predicted octanol–water partition coefficient (Wildman–Crippen LogP) is 1.93. The van der Waals surface area contributed by atoms with E-state index in [-0.39, 0.29) is 5.69 Å². The zero-order valence-corrected chi connectivity index (χ0v) is 9.65. The molecule has 0 radical (unpaired) electrons. The molecule has 2 rings (SSSR count). The standard InChI is InChI=1S/C12H9N3O4/c16-8-14-13-7-11-5-6-12(19-11)9-1-3-10(4-2-9)15(17)18/h1-8H,(H,14,16)/b13-7+. The first-order valence-corrected chi connectivity index (χ1v) is 5.27. The second kappa shape index (κ2) is 5.58. The zero-order chi connectivity index (χ0) is 13.7. The Hall–Kier alpha value is -2.96. The van der Waals surface area contributed by atoms with E-state index < -0.39 is 4.92 Å². The number of benzene rings is 1. The molecule has 1 amide bonds. The maximum absolute atomic E-state index is 10.5. The summed E-state index contributed by atoms with van der Waals surface area (Å²) >= 11 is 0. The smallest absolute Gasteiger partial charge is 0.269 e. The van der Waals surface area contributed by atoms with Gasteiger partial charge in [-0.3, -0.25) is 14.9 Å². The molecule has 2 aromatic rings. The van der Waals surface area contributed by atoms with Crippen LogP contribution >= 0.6 is 0 Å². The number of nitro groups is 1. The average molecular weight is 259 g/mol. The molecule has 0 aliphatic heterocycles. The average Bonchev–Trinajstić information content (AvgIpc) is 2.88. The summed E-state index contributed by atoms with van der Waals surface area (Å²) in [6, 6.07) is 9.39. The second-order valence-corrected chi connectivity index (χ2v) is 3.51. The molecule has 1 aromatic carbocycles. The Morgan fingerprint density at radius 1 is 1.21 bits per heavy atom. The van der Waals surface area contributed by atoms with Gasteiger partial charge in [-0.15, -0.1) is 0 Å². The van der Waals surface area contributed by atoms with Crippen LogP contribution in [-0.2, 0) is 4.79 Å². The molecule has 0 aliphatic carbocycles. The monoisotopic (exact) mass is 259 g/mol. The van der Waals surface area contributed by atoms with Gasteiger partial charge >= 0.3 is 0 Å². The van der Waals surface area contributed by atoms with Crippen LogP contribution in [0.3, 0.4) is 0 Å². The molecule has 0 fully saturated rings. The fourth-order valence-electron chi connectivity index (χ4n) is 1.46. The van der Waals surface area contributed by atoms with Crippen LogP contribution in [0, 0.1) is 10.1 Å². The molecule has 0 saturated heterocycles. The molecule has 0 saturated carbocycles. The molecule has 1 aromatic heterocycles. The molecule has 96 valence electrons. The van der Waals surface area contributed by atoms with Crippen LogP contribution in [0.15, 0.2) is 45.9 Å². The number of non-ortho nitro benzene ring substituents is 1. The molecule has 1 heterocycles. The van der Waals surface area contributed by atoms with Gasteiger partial charge in [0.15, 0.2) is 0 Å². The van der Waals surface area contributed by atoms with E-state index in [1.165, 1.54) is 18.3 Å². The second-order valence-electron chi connectivity index (χ2n) is 3.51. The summed E-state index contributed by atoms with van der Waals surface area (Å²) < 4.78 is 5.44. The third-order valence-electron chi connectivity index (χ3n) is 2.31. The molecule has 0 atom stereocenters. The van der Waals surface area contributed by atoms with Crippen LogP contribution in [0.4, 0.5) is 5.69 Å². The first kappa shape index (κ1) is 12.5. The highest BCUT2D eigenvalue weighted by Crippen LogP contribution is 2.23. The molecule has 0 aliphatic rings. The van der Waals surface area contributed by atoms with Crippen molar-refractivity contribution in [1.29, 1.82) is 0 Å². The maximum Gasteiger partial charge on any atom is 0.269 e. The van der Waals surface area contributed by atoms with Gasteiger partial charge < -0.3 is 4.42 Å². The molecule has 0 spiro atoms. The molecular formula is C12H9N3O4. The van der Waals surface area contributed by atoms with Crippen LogP contribution in [0.25, 0.3) is 11.3 Å². The van der Waals surface area contributed by atoms with Crippen molar-refractivity contribution < 1.29 is 14.1 Å². The molecule has 7 nitrogen and oxygen atoms in total. The van der Waals surface area contributed by atoms with Crippen molar-refractivity contribution in [3.8, 4) is 11.3 Å². The highest BCUT2D eigenvalue weighted by molar-refractivity contribution is 5.77. The topological polar surface area (TPSA) is 97.7 Å². The minimum Gasteiger partial charge on any atom is -0.455 e. The molecule has 1 N–H and O–H groups in total. The maximum atomic E-state index is 10.5. The van der Waals surface area contributed by atoms with Gasteiger partial charge in [-0.05, 0) is 24.3 Å². The van der Waals surface area contributed by atoms with E-state index in [1.54, 1.807) is 24.3 Å². The van der Waals surface area contributed by atoms with E-state index in [9.17, 15) is 14.9 Å². The van der Waals surface area contributed by atoms with Gasteiger partial charge in [0.1, 0.15) is 11.5 Å². The van der Waals surface area contributed by atoms with E-state index >= 15 is 0 Å². The first-order valence-electron chi connectivity index (χ1n) is 5.27. The number of hydrogen-bond acceptors (Lipinski definition) is 5. The number of hydrazone groups is 1. The summed E-state index contributed by atoms with van der Waals surface area (Å²) in [5.41, 5.74) is 2.86. The van der Waals surface area contributed by atoms with E-state index in [0.29, 0.717) is 23.5 Å². The van der Waals surface area contributed by atoms with Gasteiger partial charge in [0.05, 0.1) is 11.1 Å². The van der Waals surface area contributed by atoms with Crippen molar-refractivity contribution in [3.05, 3.63) is 52.3 Å². The van der Waals surface area contributed by atoms with Crippen molar-refractivity contribution in [1.82, 2.24) is 5.43 Å². The normalized spacial score (nSPS) is 10.5. The third kappa shape index (κ3) is 3.03. The van der Waals surface area contributed by atoms with Crippen molar-refractivity contribution in [2.24, 2.45) is 5.10 Å². The Kier molecular flexibility index (Phi) is 3.67. The van der Waals surface area contributed by atoms with Gasteiger partial charge in [-0.25, -0.2) is 5.43 Å². The van der Waals surface area contributed by atoms with Crippen LogP contribution in [-0.4, -0.2) is 17.5 Å². The van der Waals surface area contributed by atoms with Gasteiger partial charge in [-0.1, -0.05) is 0 Å². The predicted molar refractivity (Wildman–Crippen MR) is 67.6 cm³/mol. The lowest BCUT2D eigenvalue weighted by molar-refractivity contribution is -0.384. The lowest BCUT2D eigenvalue weighted by Crippen LogP contribution is -1.99. The number of carbonyl (C=O) groups is 1. The summed E-state index contributed by atoms with van der Waals surface area (Å²) in [5, 5.41) is 14.1. The summed E-state index contributed by atoms with van der Waals surface area (Å²) in [4.78, 5) is 20.1. The molecule has 0 unspecified atom stereocenters. The van der Waals surface area contributed by atoms with Gasteiger partial charge in [-0.2, -0.15) is 5.10 Å². The van der Waals surface area contributed by atoms with E-state index in [1.807, 2.05) is 0 Å². The zero-order valence-electron chi connectivity index (χ0n) is 9.65. The number of carbonyl (C=O) groups excluding carboxylic acids is 1.